The molecule has 1 aliphatic heterocycles. The number of amides is 3. The first-order valence-electron chi connectivity index (χ1n) is 10.7. The van der Waals surface area contributed by atoms with Crippen LogP contribution in [0.5, 0.6) is 0 Å². The zero-order valence-corrected chi connectivity index (χ0v) is 19.7. The highest BCUT2D eigenvalue weighted by atomic mass is 79.9. The fraction of sp³-hybridized carbons (Fsp3) is 0.208. The van der Waals surface area contributed by atoms with Gasteiger partial charge in [-0.1, -0.05) is 15.9 Å². The lowest BCUT2D eigenvalue weighted by Crippen LogP contribution is -2.35. The van der Waals surface area contributed by atoms with Crippen molar-refractivity contribution >= 4 is 45.1 Å². The molecule has 0 aliphatic carbocycles. The van der Waals surface area contributed by atoms with E-state index in [9.17, 15) is 18.4 Å². The minimum absolute atomic E-state index is 0.00825. The molecule has 0 spiro atoms. The van der Waals surface area contributed by atoms with Crippen LogP contribution in [0, 0.1) is 11.6 Å². The van der Waals surface area contributed by atoms with Gasteiger partial charge in [-0.05, 0) is 55.0 Å². The molecule has 0 saturated carbocycles. The van der Waals surface area contributed by atoms with E-state index in [4.69, 9.17) is 0 Å². The summed E-state index contributed by atoms with van der Waals surface area (Å²) < 4.78 is 27.2. The van der Waals surface area contributed by atoms with E-state index in [1.807, 2.05) is 29.2 Å². The molecule has 10 heteroatoms. The van der Waals surface area contributed by atoms with E-state index in [0.29, 0.717) is 30.9 Å². The molecular formula is C24H22BrF2N5O2. The number of hydrogen-bond acceptors (Lipinski definition) is 4. The van der Waals surface area contributed by atoms with E-state index in [2.05, 4.69) is 36.4 Å². The van der Waals surface area contributed by atoms with Gasteiger partial charge in [0, 0.05) is 48.0 Å². The highest BCUT2D eigenvalue weighted by molar-refractivity contribution is 9.10. The maximum absolute atomic E-state index is 13.3. The molecule has 0 unspecified atom stereocenters. The summed E-state index contributed by atoms with van der Waals surface area (Å²) in [5.74, 6) is -1.28. The Labute approximate surface area is 203 Å². The van der Waals surface area contributed by atoms with Crippen LogP contribution in [-0.2, 0) is 0 Å². The number of anilines is 3. The Balaban J connectivity index is 1.32. The first-order chi connectivity index (χ1) is 16.4. The minimum Gasteiger partial charge on any atom is -0.355 e. The molecule has 2 N–H and O–H groups in total. The van der Waals surface area contributed by atoms with Gasteiger partial charge in [0.15, 0.2) is 11.6 Å². The molecular weight excluding hydrogens is 508 g/mol. The van der Waals surface area contributed by atoms with Crippen molar-refractivity contribution in [2.45, 2.75) is 6.42 Å². The summed E-state index contributed by atoms with van der Waals surface area (Å²) in [6.07, 6.45) is 2.33. The number of halogens is 3. The molecule has 0 atom stereocenters. The fourth-order valence-electron chi connectivity index (χ4n) is 3.64. The monoisotopic (exact) mass is 529 g/mol. The predicted octanol–water partition coefficient (Wildman–Crippen LogP) is 5.12. The maximum atomic E-state index is 13.3. The van der Waals surface area contributed by atoms with Crippen LogP contribution < -0.4 is 15.5 Å². The summed E-state index contributed by atoms with van der Waals surface area (Å²) >= 11 is 3.38. The predicted molar refractivity (Wildman–Crippen MR) is 130 cm³/mol. The number of nitrogens with one attached hydrogen (secondary N) is 2. The van der Waals surface area contributed by atoms with E-state index in [-0.39, 0.29) is 11.6 Å². The maximum Gasteiger partial charge on any atom is 0.323 e. The van der Waals surface area contributed by atoms with Crippen molar-refractivity contribution in [1.29, 1.82) is 0 Å². The molecule has 1 aliphatic rings. The number of carbonyl (C=O) groups is 2. The number of hydrogen-bond donors (Lipinski definition) is 2. The topological polar surface area (TPSA) is 77.6 Å². The van der Waals surface area contributed by atoms with Crippen LogP contribution in [0.1, 0.15) is 16.8 Å². The standard InChI is InChI=1S/C24H22BrF2N5O2/c25-17-4-2-16(3-5-17)23(33)32-11-1-10-31(12-13-32)22-9-7-19(15-28-22)30-24(34)29-18-6-8-20(26)21(27)14-18/h2-9,14-15H,1,10-13H2,(H2,29,30,34). The van der Waals surface area contributed by atoms with Crippen LogP contribution in [0.2, 0.25) is 0 Å². The lowest BCUT2D eigenvalue weighted by molar-refractivity contribution is 0.0767. The van der Waals surface area contributed by atoms with Gasteiger partial charge in [0.05, 0.1) is 11.9 Å². The van der Waals surface area contributed by atoms with Gasteiger partial charge >= 0.3 is 6.03 Å². The van der Waals surface area contributed by atoms with E-state index >= 15 is 0 Å². The van der Waals surface area contributed by atoms with Crippen LogP contribution in [0.4, 0.5) is 30.8 Å². The summed E-state index contributed by atoms with van der Waals surface area (Å²) in [5.41, 5.74) is 1.24. The highest BCUT2D eigenvalue weighted by Gasteiger charge is 2.21. The third-order valence-corrected chi connectivity index (χ3v) is 5.91. The van der Waals surface area contributed by atoms with Gasteiger partial charge in [0.1, 0.15) is 5.82 Å². The Bertz CT molecular complexity index is 1170. The molecule has 2 aromatic carbocycles. The van der Waals surface area contributed by atoms with Crippen LogP contribution in [0.3, 0.4) is 0 Å². The van der Waals surface area contributed by atoms with Crippen molar-refractivity contribution < 1.29 is 18.4 Å². The normalized spacial score (nSPS) is 13.9. The molecule has 0 radical (unpaired) electrons. The number of nitrogens with zero attached hydrogens (tertiary/aromatic N) is 3. The Morgan fingerprint density at radius 1 is 0.853 bits per heavy atom. The van der Waals surface area contributed by atoms with Gasteiger partial charge in [-0.3, -0.25) is 4.79 Å². The van der Waals surface area contributed by atoms with E-state index in [1.165, 1.54) is 12.3 Å². The average molecular weight is 530 g/mol. The molecule has 1 saturated heterocycles. The summed E-state index contributed by atoms with van der Waals surface area (Å²) in [7, 11) is 0. The van der Waals surface area contributed by atoms with Crippen molar-refractivity contribution in [1.82, 2.24) is 9.88 Å². The SMILES string of the molecule is O=C(Nc1ccc(N2CCCN(C(=O)c3ccc(Br)cc3)CC2)nc1)Nc1ccc(F)c(F)c1. The number of pyridine rings is 1. The van der Waals surface area contributed by atoms with Gasteiger partial charge in [0.2, 0.25) is 0 Å². The van der Waals surface area contributed by atoms with Gasteiger partial charge in [-0.15, -0.1) is 0 Å². The molecule has 4 rings (SSSR count). The number of carbonyl (C=O) groups excluding carboxylic acids is 2. The molecule has 2 heterocycles. The van der Waals surface area contributed by atoms with Gasteiger partial charge < -0.3 is 20.4 Å². The quantitative estimate of drug-likeness (QED) is 0.491. The largest absolute Gasteiger partial charge is 0.355 e. The Kier molecular flexibility index (Phi) is 7.36. The van der Waals surface area contributed by atoms with Crippen molar-refractivity contribution in [3.63, 3.8) is 0 Å². The van der Waals surface area contributed by atoms with Crippen molar-refractivity contribution in [3.8, 4) is 0 Å². The number of benzene rings is 2. The van der Waals surface area contributed by atoms with Crippen LogP contribution in [-0.4, -0.2) is 48.0 Å². The number of urea groups is 1. The van der Waals surface area contributed by atoms with Crippen molar-refractivity contribution in [2.75, 3.05) is 41.7 Å². The molecule has 1 fully saturated rings. The zero-order valence-electron chi connectivity index (χ0n) is 18.1. The highest BCUT2D eigenvalue weighted by Crippen LogP contribution is 2.19. The molecule has 1 aromatic heterocycles. The molecule has 0 bridgehead atoms. The van der Waals surface area contributed by atoms with E-state index in [1.54, 1.807) is 12.1 Å². The fourth-order valence-corrected chi connectivity index (χ4v) is 3.90. The lowest BCUT2D eigenvalue weighted by atomic mass is 10.2. The smallest absolute Gasteiger partial charge is 0.323 e. The Hall–Kier alpha value is -3.53. The molecule has 176 valence electrons. The third-order valence-electron chi connectivity index (χ3n) is 5.38. The van der Waals surface area contributed by atoms with Gasteiger partial charge in [0.25, 0.3) is 5.91 Å². The first kappa shape index (κ1) is 23.6. The summed E-state index contributed by atoms with van der Waals surface area (Å²) in [5, 5.41) is 5.05. The van der Waals surface area contributed by atoms with Crippen LogP contribution in [0.15, 0.2) is 65.3 Å². The molecule has 3 aromatic rings. The van der Waals surface area contributed by atoms with Crippen LogP contribution in [0.25, 0.3) is 0 Å². The number of rotatable bonds is 4. The molecule has 34 heavy (non-hydrogen) atoms. The zero-order chi connectivity index (χ0) is 24.1. The lowest BCUT2D eigenvalue weighted by Gasteiger charge is -2.23. The van der Waals surface area contributed by atoms with Crippen LogP contribution >= 0.6 is 15.9 Å². The second-order valence-corrected chi connectivity index (χ2v) is 8.67. The van der Waals surface area contributed by atoms with Gasteiger partial charge in [-0.25, -0.2) is 18.6 Å². The number of aromatic nitrogens is 1. The average Bonchev–Trinajstić information content (AvgIpc) is 3.08. The van der Waals surface area contributed by atoms with Crippen molar-refractivity contribution in [2.24, 2.45) is 0 Å². The molecule has 7 nitrogen and oxygen atoms in total. The second kappa shape index (κ2) is 10.6. The van der Waals surface area contributed by atoms with E-state index < -0.39 is 17.7 Å². The minimum atomic E-state index is -1.04. The second-order valence-electron chi connectivity index (χ2n) is 7.75. The molecule has 3 amide bonds. The van der Waals surface area contributed by atoms with E-state index in [0.717, 1.165) is 35.4 Å². The van der Waals surface area contributed by atoms with Crippen molar-refractivity contribution in [3.05, 3.63) is 82.5 Å². The summed E-state index contributed by atoms with van der Waals surface area (Å²) in [6.45, 7) is 2.63. The Morgan fingerprint density at radius 3 is 2.29 bits per heavy atom. The first-order valence-corrected chi connectivity index (χ1v) is 11.5. The summed E-state index contributed by atoms with van der Waals surface area (Å²) in [6, 6.07) is 13.3. The summed E-state index contributed by atoms with van der Waals surface area (Å²) in [4.78, 5) is 33.3. The van der Waals surface area contributed by atoms with Gasteiger partial charge in [-0.2, -0.15) is 0 Å². The third kappa shape index (κ3) is 5.88. The Morgan fingerprint density at radius 2 is 1.59 bits per heavy atom.